The standard InChI is InChI=1S/C24H22F3NO3/c1-24(2,27)13-28-10-9-16-15-5-3-4-6-19(15)31-23(16)22(28)21-17(25)11-14(12-18(21)26)7-8-20(29)30/h3-8,11-12,22H,9-10,13H2,1-2H3,(H,29,30)/b8-7+. The van der Waals surface area contributed by atoms with Crippen LogP contribution in [-0.2, 0) is 11.2 Å². The minimum atomic E-state index is -1.58. The fourth-order valence-corrected chi connectivity index (χ4v) is 4.24. The zero-order valence-electron chi connectivity index (χ0n) is 17.2. The van der Waals surface area contributed by atoms with Crippen LogP contribution in [0, 0.1) is 11.6 Å². The van der Waals surface area contributed by atoms with Crippen molar-refractivity contribution in [3.63, 3.8) is 0 Å². The summed E-state index contributed by atoms with van der Waals surface area (Å²) in [5.41, 5.74) is -0.266. The summed E-state index contributed by atoms with van der Waals surface area (Å²) in [6.07, 6.45) is 2.50. The van der Waals surface area contributed by atoms with E-state index < -0.39 is 29.3 Å². The lowest BCUT2D eigenvalue weighted by atomic mass is 9.90. The number of furan rings is 1. The highest BCUT2D eigenvalue weighted by Crippen LogP contribution is 2.43. The molecule has 31 heavy (non-hydrogen) atoms. The van der Waals surface area contributed by atoms with E-state index in [1.54, 1.807) is 11.0 Å². The number of para-hydroxylation sites is 1. The molecule has 162 valence electrons. The summed E-state index contributed by atoms with van der Waals surface area (Å²) < 4.78 is 51.0. The first-order valence-corrected chi connectivity index (χ1v) is 9.97. The van der Waals surface area contributed by atoms with Gasteiger partial charge in [0.2, 0.25) is 0 Å². The van der Waals surface area contributed by atoms with E-state index in [9.17, 15) is 9.18 Å². The van der Waals surface area contributed by atoms with Gasteiger partial charge in [-0.05, 0) is 50.1 Å². The molecule has 0 bridgehead atoms. The number of aliphatic carboxylic acids is 1. The predicted molar refractivity (Wildman–Crippen MR) is 112 cm³/mol. The average molecular weight is 429 g/mol. The molecule has 2 heterocycles. The molecule has 4 nitrogen and oxygen atoms in total. The molecule has 7 heteroatoms. The third-order valence-corrected chi connectivity index (χ3v) is 5.36. The molecule has 1 unspecified atom stereocenters. The van der Waals surface area contributed by atoms with Gasteiger partial charge in [0.25, 0.3) is 0 Å². The Morgan fingerprint density at radius 3 is 2.58 bits per heavy atom. The number of hydrogen-bond donors (Lipinski definition) is 1. The summed E-state index contributed by atoms with van der Waals surface area (Å²) in [5, 5.41) is 9.64. The number of hydrogen-bond acceptors (Lipinski definition) is 3. The summed E-state index contributed by atoms with van der Waals surface area (Å²) in [5.74, 6) is -2.50. The van der Waals surface area contributed by atoms with Crippen LogP contribution in [0.4, 0.5) is 13.2 Å². The molecule has 0 amide bonds. The molecule has 1 aliphatic heterocycles. The quantitative estimate of drug-likeness (QED) is 0.544. The predicted octanol–water partition coefficient (Wildman–Crippen LogP) is 5.50. The van der Waals surface area contributed by atoms with Crippen LogP contribution in [0.25, 0.3) is 17.0 Å². The Morgan fingerprint density at radius 1 is 1.26 bits per heavy atom. The molecule has 0 spiro atoms. The van der Waals surface area contributed by atoms with Crippen LogP contribution in [0.2, 0.25) is 0 Å². The Morgan fingerprint density at radius 2 is 1.94 bits per heavy atom. The van der Waals surface area contributed by atoms with Crippen molar-refractivity contribution in [3.8, 4) is 0 Å². The number of halogens is 3. The van der Waals surface area contributed by atoms with Crippen molar-refractivity contribution in [1.29, 1.82) is 0 Å². The number of carboxylic acids is 1. The lowest BCUT2D eigenvalue weighted by molar-refractivity contribution is -0.131. The van der Waals surface area contributed by atoms with Gasteiger partial charge in [-0.1, -0.05) is 18.2 Å². The van der Waals surface area contributed by atoms with Gasteiger partial charge < -0.3 is 9.52 Å². The molecule has 0 aliphatic carbocycles. The van der Waals surface area contributed by atoms with Crippen LogP contribution in [0.1, 0.15) is 42.3 Å². The van der Waals surface area contributed by atoms with Crippen molar-refractivity contribution in [2.45, 2.75) is 32.0 Å². The van der Waals surface area contributed by atoms with E-state index in [4.69, 9.17) is 9.52 Å². The highest BCUT2D eigenvalue weighted by Gasteiger charge is 2.39. The second kappa shape index (κ2) is 7.89. The van der Waals surface area contributed by atoms with E-state index in [0.717, 1.165) is 35.2 Å². The molecule has 1 aliphatic rings. The number of rotatable bonds is 5. The van der Waals surface area contributed by atoms with Crippen LogP contribution >= 0.6 is 0 Å². The van der Waals surface area contributed by atoms with E-state index >= 15 is 8.78 Å². The molecule has 1 aromatic heterocycles. The fraction of sp³-hybridized carbons (Fsp3) is 0.292. The largest absolute Gasteiger partial charge is 0.478 e. The summed E-state index contributed by atoms with van der Waals surface area (Å²) in [7, 11) is 0. The maximum atomic E-state index is 15.2. The first-order chi connectivity index (χ1) is 14.6. The third kappa shape index (κ3) is 4.23. The van der Waals surface area contributed by atoms with Gasteiger partial charge in [-0.3, -0.25) is 4.90 Å². The van der Waals surface area contributed by atoms with Gasteiger partial charge in [-0.25, -0.2) is 18.0 Å². The smallest absolute Gasteiger partial charge is 0.328 e. The van der Waals surface area contributed by atoms with Gasteiger partial charge >= 0.3 is 5.97 Å². The van der Waals surface area contributed by atoms with E-state index in [-0.39, 0.29) is 17.7 Å². The van der Waals surface area contributed by atoms with Crippen LogP contribution in [0.5, 0.6) is 0 Å². The molecule has 1 atom stereocenters. The normalized spacial score (nSPS) is 17.4. The van der Waals surface area contributed by atoms with Crippen molar-refractivity contribution in [2.75, 3.05) is 13.1 Å². The van der Waals surface area contributed by atoms with Crippen molar-refractivity contribution in [3.05, 3.63) is 76.6 Å². The van der Waals surface area contributed by atoms with Crippen LogP contribution in [-0.4, -0.2) is 34.7 Å². The molecule has 1 N–H and O–H groups in total. The van der Waals surface area contributed by atoms with E-state index in [2.05, 4.69) is 0 Å². The zero-order valence-corrected chi connectivity index (χ0v) is 17.2. The van der Waals surface area contributed by atoms with Gasteiger partial charge in [-0.2, -0.15) is 0 Å². The molecule has 0 radical (unpaired) electrons. The van der Waals surface area contributed by atoms with Crippen LogP contribution in [0.15, 0.2) is 46.9 Å². The lowest BCUT2D eigenvalue weighted by Crippen LogP contribution is -2.43. The molecule has 0 saturated carbocycles. The summed E-state index contributed by atoms with van der Waals surface area (Å²) in [6, 6.07) is 8.59. The topological polar surface area (TPSA) is 53.7 Å². The zero-order chi connectivity index (χ0) is 22.3. The minimum absolute atomic E-state index is 0.0340. The Balaban J connectivity index is 1.88. The molecular weight excluding hydrogens is 407 g/mol. The fourth-order valence-electron chi connectivity index (χ4n) is 4.24. The van der Waals surface area contributed by atoms with E-state index in [1.165, 1.54) is 13.8 Å². The molecule has 2 aromatic carbocycles. The van der Waals surface area contributed by atoms with E-state index in [1.807, 2.05) is 18.2 Å². The minimum Gasteiger partial charge on any atom is -0.478 e. The summed E-state index contributed by atoms with van der Waals surface area (Å²) in [6.45, 7) is 3.22. The Hall–Kier alpha value is -3.06. The molecule has 0 fully saturated rings. The first kappa shape index (κ1) is 21.2. The van der Waals surface area contributed by atoms with Crippen LogP contribution < -0.4 is 0 Å². The summed E-state index contributed by atoms with van der Waals surface area (Å²) >= 11 is 0. The highest BCUT2D eigenvalue weighted by molar-refractivity contribution is 5.85. The van der Waals surface area contributed by atoms with Gasteiger partial charge in [0.1, 0.15) is 28.6 Å². The van der Waals surface area contributed by atoms with Crippen molar-refractivity contribution < 1.29 is 27.5 Å². The van der Waals surface area contributed by atoms with Gasteiger partial charge in [0.15, 0.2) is 0 Å². The van der Waals surface area contributed by atoms with Gasteiger partial charge in [-0.15, -0.1) is 0 Å². The number of alkyl halides is 1. The lowest BCUT2D eigenvalue weighted by Gasteiger charge is -2.37. The number of nitrogens with zero attached hydrogens (tertiary/aromatic N) is 1. The second-order valence-electron chi connectivity index (χ2n) is 8.35. The third-order valence-electron chi connectivity index (χ3n) is 5.36. The van der Waals surface area contributed by atoms with Crippen molar-refractivity contribution in [2.24, 2.45) is 0 Å². The molecule has 0 saturated heterocycles. The summed E-state index contributed by atoms with van der Waals surface area (Å²) in [4.78, 5) is 12.4. The van der Waals surface area contributed by atoms with Crippen LogP contribution in [0.3, 0.4) is 0 Å². The number of benzene rings is 2. The second-order valence-corrected chi connectivity index (χ2v) is 8.35. The van der Waals surface area contributed by atoms with Gasteiger partial charge in [0.05, 0.1) is 6.04 Å². The Labute approximate surface area is 177 Å². The average Bonchev–Trinajstić information content (AvgIpc) is 3.05. The number of carboxylic acid groups (broad SMARTS) is 1. The Kier molecular flexibility index (Phi) is 5.39. The number of carbonyl (C=O) groups is 1. The van der Waals surface area contributed by atoms with Crippen molar-refractivity contribution >= 4 is 23.0 Å². The maximum absolute atomic E-state index is 15.2. The van der Waals surface area contributed by atoms with Crippen molar-refractivity contribution in [1.82, 2.24) is 4.90 Å². The van der Waals surface area contributed by atoms with E-state index in [0.29, 0.717) is 24.3 Å². The monoisotopic (exact) mass is 429 g/mol. The highest BCUT2D eigenvalue weighted by atomic mass is 19.1. The SMILES string of the molecule is CC(C)(F)CN1CCc2c(oc3ccccc23)C1c1c(F)cc(/C=C/C(=O)O)cc1F. The van der Waals surface area contributed by atoms with Gasteiger partial charge in [0, 0.05) is 35.7 Å². The molecule has 3 aromatic rings. The number of fused-ring (bicyclic) bond motifs is 3. The first-order valence-electron chi connectivity index (χ1n) is 9.97. The maximum Gasteiger partial charge on any atom is 0.328 e. The Bertz CT molecular complexity index is 1150. The molecule has 4 rings (SSSR count). The molecular formula is C24H22F3NO3.